The zero-order valence-electron chi connectivity index (χ0n) is 18.4. The van der Waals surface area contributed by atoms with E-state index in [0.29, 0.717) is 31.2 Å². The molecule has 3 aliphatic heterocycles. The fourth-order valence-corrected chi connectivity index (χ4v) is 5.62. The van der Waals surface area contributed by atoms with Crippen molar-refractivity contribution in [2.45, 2.75) is 38.1 Å². The Morgan fingerprint density at radius 1 is 1.16 bits per heavy atom. The predicted molar refractivity (Wildman–Crippen MR) is 125 cm³/mol. The van der Waals surface area contributed by atoms with Gasteiger partial charge in [0.2, 0.25) is 6.79 Å². The van der Waals surface area contributed by atoms with E-state index in [9.17, 15) is 0 Å². The number of nitrogens with zero attached hydrogens (tertiary/aromatic N) is 1. The Morgan fingerprint density at radius 3 is 2.75 bits per heavy atom. The maximum absolute atomic E-state index is 6.32. The van der Waals surface area contributed by atoms with Crippen LogP contribution < -0.4 is 18.9 Å². The molecule has 2 aromatic carbocycles. The number of benzene rings is 2. The van der Waals surface area contributed by atoms with E-state index in [1.807, 2.05) is 6.07 Å². The second kappa shape index (κ2) is 8.11. The van der Waals surface area contributed by atoms with Crippen LogP contribution >= 0.6 is 11.6 Å². The molecule has 0 unspecified atom stereocenters. The van der Waals surface area contributed by atoms with Crippen LogP contribution in [-0.4, -0.2) is 37.8 Å². The van der Waals surface area contributed by atoms with Crippen LogP contribution in [0.1, 0.15) is 54.0 Å². The van der Waals surface area contributed by atoms with Gasteiger partial charge in [0.25, 0.3) is 0 Å². The molecule has 1 fully saturated rings. The molecule has 0 bridgehead atoms. The Hall–Kier alpha value is -2.53. The van der Waals surface area contributed by atoms with Gasteiger partial charge in [-0.15, -0.1) is 11.6 Å². The normalized spacial score (nSPS) is 20.6. The minimum Gasteiger partial charge on any atom is -0.493 e. The van der Waals surface area contributed by atoms with Crippen molar-refractivity contribution in [2.24, 2.45) is 5.92 Å². The van der Waals surface area contributed by atoms with Gasteiger partial charge in [0.1, 0.15) is 0 Å². The van der Waals surface area contributed by atoms with E-state index in [4.69, 9.17) is 30.5 Å². The maximum atomic E-state index is 6.32. The highest BCUT2D eigenvalue weighted by molar-refractivity contribution is 6.17. The summed E-state index contributed by atoms with van der Waals surface area (Å²) in [6.07, 6.45) is 7.92. The summed E-state index contributed by atoms with van der Waals surface area (Å²) in [6, 6.07) is 8.83. The van der Waals surface area contributed by atoms with Crippen LogP contribution in [0.4, 0.5) is 0 Å². The maximum Gasteiger partial charge on any atom is 0.231 e. The minimum absolute atomic E-state index is 0.290. The van der Waals surface area contributed by atoms with Crippen LogP contribution in [0.3, 0.4) is 0 Å². The van der Waals surface area contributed by atoms with Gasteiger partial charge in [-0.25, -0.2) is 0 Å². The highest BCUT2D eigenvalue weighted by Gasteiger charge is 2.42. The topological polar surface area (TPSA) is 40.2 Å². The molecule has 0 radical (unpaired) electrons. The summed E-state index contributed by atoms with van der Waals surface area (Å²) in [5, 5.41) is 0. The molecule has 3 heterocycles. The van der Waals surface area contributed by atoms with Crippen molar-refractivity contribution in [3.05, 3.63) is 46.5 Å². The first-order valence-electron chi connectivity index (χ1n) is 11.6. The summed E-state index contributed by atoms with van der Waals surface area (Å²) in [6.45, 7) is 1.88. The molecule has 0 aromatic heterocycles. The lowest BCUT2D eigenvalue weighted by molar-refractivity contribution is 0.137. The molecule has 32 heavy (non-hydrogen) atoms. The highest BCUT2D eigenvalue weighted by Crippen LogP contribution is 2.55. The molecule has 1 atom stereocenters. The molecule has 168 valence electrons. The molecule has 6 heteroatoms. The summed E-state index contributed by atoms with van der Waals surface area (Å²) in [4.78, 5) is 2.60. The van der Waals surface area contributed by atoms with Crippen LogP contribution in [0.15, 0.2) is 24.3 Å². The number of methoxy groups -OCH3 is 1. The summed E-state index contributed by atoms with van der Waals surface area (Å²) >= 11 is 5.93. The van der Waals surface area contributed by atoms with E-state index < -0.39 is 0 Å². The van der Waals surface area contributed by atoms with Gasteiger partial charge in [-0.05, 0) is 67.0 Å². The van der Waals surface area contributed by atoms with Crippen molar-refractivity contribution in [3.63, 3.8) is 0 Å². The Balaban J connectivity index is 1.50. The highest BCUT2D eigenvalue weighted by atomic mass is 35.5. The van der Waals surface area contributed by atoms with Crippen molar-refractivity contribution in [1.82, 2.24) is 4.90 Å². The van der Waals surface area contributed by atoms with Crippen LogP contribution in [0.5, 0.6) is 23.0 Å². The Labute approximate surface area is 193 Å². The van der Waals surface area contributed by atoms with Crippen LogP contribution in [0.2, 0.25) is 0 Å². The number of fused-ring (bicyclic) bond motifs is 5. The Bertz CT molecular complexity index is 1080. The van der Waals surface area contributed by atoms with E-state index in [2.05, 4.69) is 29.2 Å². The molecule has 0 amide bonds. The largest absolute Gasteiger partial charge is 0.493 e. The molecule has 5 nitrogen and oxygen atoms in total. The first-order valence-corrected chi connectivity index (χ1v) is 12.1. The van der Waals surface area contributed by atoms with Crippen molar-refractivity contribution in [3.8, 4) is 23.0 Å². The third-order valence-corrected chi connectivity index (χ3v) is 7.53. The number of ether oxygens (including phenoxy) is 4. The first-order chi connectivity index (χ1) is 15.8. The molecule has 1 saturated carbocycles. The van der Waals surface area contributed by atoms with E-state index >= 15 is 0 Å². The van der Waals surface area contributed by atoms with Crippen LogP contribution in [-0.2, 0) is 6.42 Å². The standard InChI is InChI=1S/C26H28ClNO4/c1-29-21-7-6-18-12-20-19-14-23-22(31-15-32-23)13-17(19)8-10-28(20)25(16-4-2-5-16)24(18)26(21)30-11-3-9-27/h6-7,12-14,16,25H,2-5,8-11,15H2,1H3/t25-/m1/s1. The summed E-state index contributed by atoms with van der Waals surface area (Å²) < 4.78 is 23.4. The fraction of sp³-hybridized carbons (Fsp3) is 0.462. The second-order valence-corrected chi connectivity index (χ2v) is 9.34. The van der Waals surface area contributed by atoms with Gasteiger partial charge in [-0.2, -0.15) is 0 Å². The second-order valence-electron chi connectivity index (χ2n) is 8.96. The van der Waals surface area contributed by atoms with Crippen molar-refractivity contribution in [1.29, 1.82) is 0 Å². The molecule has 1 aliphatic carbocycles. The molecule has 4 aliphatic rings. The molecule has 2 aromatic rings. The van der Waals surface area contributed by atoms with Gasteiger partial charge in [0, 0.05) is 29.2 Å². The zero-order valence-corrected chi connectivity index (χ0v) is 19.1. The number of hydrogen-bond donors (Lipinski definition) is 0. The smallest absolute Gasteiger partial charge is 0.231 e. The van der Waals surface area contributed by atoms with Crippen molar-refractivity contribution < 1.29 is 18.9 Å². The lowest BCUT2D eigenvalue weighted by Crippen LogP contribution is -2.41. The van der Waals surface area contributed by atoms with Gasteiger partial charge in [-0.1, -0.05) is 12.5 Å². The van der Waals surface area contributed by atoms with Crippen LogP contribution in [0.25, 0.3) is 11.8 Å². The van der Waals surface area contributed by atoms with E-state index in [0.717, 1.165) is 42.4 Å². The molecular formula is C26H28ClNO4. The summed E-state index contributed by atoms with van der Waals surface area (Å²) in [5.74, 6) is 4.61. The Kier molecular flexibility index (Phi) is 5.09. The van der Waals surface area contributed by atoms with Gasteiger partial charge < -0.3 is 23.8 Å². The quantitative estimate of drug-likeness (QED) is 0.418. The molecule has 0 N–H and O–H groups in total. The monoisotopic (exact) mass is 453 g/mol. The van der Waals surface area contributed by atoms with Gasteiger partial charge >= 0.3 is 0 Å². The Morgan fingerprint density at radius 2 is 2.00 bits per heavy atom. The fourth-order valence-electron chi connectivity index (χ4n) is 5.51. The number of hydrogen-bond acceptors (Lipinski definition) is 5. The van der Waals surface area contributed by atoms with E-state index in [1.54, 1.807) is 7.11 Å². The zero-order chi connectivity index (χ0) is 21.7. The third kappa shape index (κ3) is 3.13. The minimum atomic E-state index is 0.290. The lowest BCUT2D eigenvalue weighted by atomic mass is 9.72. The van der Waals surface area contributed by atoms with Gasteiger partial charge in [-0.3, -0.25) is 0 Å². The summed E-state index contributed by atoms with van der Waals surface area (Å²) in [5.41, 5.74) is 6.37. The van der Waals surface area contributed by atoms with E-state index in [1.165, 1.54) is 47.2 Å². The lowest BCUT2D eigenvalue weighted by Gasteiger charge is -2.49. The predicted octanol–water partition coefficient (Wildman–Crippen LogP) is 5.64. The molecular weight excluding hydrogens is 426 g/mol. The third-order valence-electron chi connectivity index (χ3n) is 7.26. The van der Waals surface area contributed by atoms with Gasteiger partial charge in [0.15, 0.2) is 23.0 Å². The van der Waals surface area contributed by atoms with E-state index in [-0.39, 0.29) is 0 Å². The van der Waals surface area contributed by atoms with Crippen LogP contribution in [0, 0.1) is 5.92 Å². The SMILES string of the molecule is COc1ccc2c(c1OCCCCl)[C@@H](C1CCC1)N1CCc3cc4c(cc3C1=C2)OCO4. The van der Waals surface area contributed by atoms with Crippen molar-refractivity contribution >= 4 is 23.4 Å². The van der Waals surface area contributed by atoms with Crippen molar-refractivity contribution in [2.75, 3.05) is 32.9 Å². The number of alkyl halides is 1. The molecule has 0 spiro atoms. The molecule has 0 saturated heterocycles. The average molecular weight is 454 g/mol. The molecule has 6 rings (SSSR count). The first kappa shape index (κ1) is 20.1. The number of rotatable bonds is 6. The summed E-state index contributed by atoms with van der Waals surface area (Å²) in [7, 11) is 1.72. The average Bonchev–Trinajstić information content (AvgIpc) is 3.23. The number of halogens is 1. The van der Waals surface area contributed by atoms with Gasteiger partial charge in [0.05, 0.1) is 19.8 Å².